The number of amides is 1. The Morgan fingerprint density at radius 2 is 1.43 bits per heavy atom. The Morgan fingerprint density at radius 1 is 0.804 bits per heavy atom. The lowest BCUT2D eigenvalue weighted by atomic mass is 9.85. The Labute approximate surface area is 336 Å². The van der Waals surface area contributed by atoms with Crippen molar-refractivity contribution in [1.82, 2.24) is 24.5 Å². The van der Waals surface area contributed by atoms with E-state index in [9.17, 15) is 4.79 Å². The molecule has 0 N–H and O–H groups in total. The van der Waals surface area contributed by atoms with Gasteiger partial charge in [-0.05, 0) is 83.4 Å². The van der Waals surface area contributed by atoms with Gasteiger partial charge in [0.15, 0.2) is 5.65 Å². The minimum absolute atomic E-state index is 0.132. The van der Waals surface area contributed by atoms with E-state index in [0.717, 1.165) is 103 Å². The number of piperidine rings is 1. The van der Waals surface area contributed by atoms with Crippen molar-refractivity contribution in [1.29, 1.82) is 0 Å². The van der Waals surface area contributed by atoms with Crippen LogP contribution in [0, 0.1) is 0 Å². The van der Waals surface area contributed by atoms with E-state index in [2.05, 4.69) is 73.0 Å². The average molecular weight is 797 g/mol. The summed E-state index contributed by atoms with van der Waals surface area (Å²) in [5.74, 6) is 1.63. The number of aromatic nitrogens is 4. The van der Waals surface area contributed by atoms with Crippen LogP contribution in [0.4, 0.5) is 10.6 Å². The SMILES string of the molecule is CC(C)(C)OC(=O)N1C2CC[C@@H]1CC(c1nc3c(-c4ccc(-c5ccccc5)nc4)cnn3c(N(COCC[Si](C)(C)C)COCC[Si](C)(C)C)c1C1CC1)C2. The number of nitrogens with zero attached hydrogens (tertiary/aromatic N) is 6. The van der Waals surface area contributed by atoms with Gasteiger partial charge in [0.1, 0.15) is 24.9 Å². The molecule has 302 valence electrons. The highest BCUT2D eigenvalue weighted by Gasteiger charge is 2.47. The number of carbonyl (C=O) groups is 1. The largest absolute Gasteiger partial charge is 0.444 e. The van der Waals surface area contributed by atoms with E-state index in [-0.39, 0.29) is 24.1 Å². The molecule has 3 aromatic heterocycles. The lowest BCUT2D eigenvalue weighted by Gasteiger charge is -2.40. The number of hydrogen-bond acceptors (Lipinski definition) is 8. The second kappa shape index (κ2) is 16.3. The van der Waals surface area contributed by atoms with E-state index in [1.807, 2.05) is 56.3 Å². The van der Waals surface area contributed by atoms with Gasteiger partial charge in [-0.25, -0.2) is 9.78 Å². The number of benzene rings is 1. The van der Waals surface area contributed by atoms with Crippen LogP contribution in [0.15, 0.2) is 54.9 Å². The highest BCUT2D eigenvalue weighted by Crippen LogP contribution is 2.52. The maximum atomic E-state index is 13.5. The third kappa shape index (κ3) is 9.74. The quantitative estimate of drug-likeness (QED) is 0.0667. The molecule has 10 nitrogen and oxygen atoms in total. The van der Waals surface area contributed by atoms with Gasteiger partial charge < -0.3 is 24.0 Å². The van der Waals surface area contributed by atoms with Gasteiger partial charge in [-0.15, -0.1) is 0 Å². The van der Waals surface area contributed by atoms with Crippen LogP contribution in [0.5, 0.6) is 0 Å². The summed E-state index contributed by atoms with van der Waals surface area (Å²) in [6, 6.07) is 17.0. The fraction of sp³-hybridized carbons (Fsp3) is 0.591. The molecule has 2 saturated heterocycles. The molecule has 3 fully saturated rings. The first kappa shape index (κ1) is 40.6. The Balaban J connectivity index is 1.31. The van der Waals surface area contributed by atoms with E-state index < -0.39 is 21.7 Å². The van der Waals surface area contributed by atoms with Crippen molar-refractivity contribution in [2.75, 3.05) is 31.6 Å². The topological polar surface area (TPSA) is 94.3 Å². The summed E-state index contributed by atoms with van der Waals surface area (Å²) < 4.78 is 21.1. The predicted molar refractivity (Wildman–Crippen MR) is 231 cm³/mol. The molecule has 2 unspecified atom stereocenters. The third-order valence-electron chi connectivity index (χ3n) is 11.3. The Morgan fingerprint density at radius 3 is 1.96 bits per heavy atom. The molecule has 0 spiro atoms. The Hall–Kier alpha value is -3.59. The molecule has 3 aliphatic rings. The first-order valence-electron chi connectivity index (χ1n) is 20.9. The van der Waals surface area contributed by atoms with Crippen LogP contribution >= 0.6 is 0 Å². The molecular weight excluding hydrogens is 733 g/mol. The van der Waals surface area contributed by atoms with Gasteiger partial charge in [-0.1, -0.05) is 75.7 Å². The fourth-order valence-electron chi connectivity index (χ4n) is 8.20. The summed E-state index contributed by atoms with van der Waals surface area (Å²) in [4.78, 5) is 28.4. The summed E-state index contributed by atoms with van der Waals surface area (Å²) in [7, 11) is -2.58. The summed E-state index contributed by atoms with van der Waals surface area (Å²) in [6.45, 7) is 22.5. The summed E-state index contributed by atoms with van der Waals surface area (Å²) in [5.41, 5.74) is 6.68. The van der Waals surface area contributed by atoms with E-state index in [1.165, 1.54) is 5.56 Å². The zero-order valence-electron chi connectivity index (χ0n) is 35.3. The number of carbonyl (C=O) groups excluding carboxylic acids is 1. The lowest BCUT2D eigenvalue weighted by molar-refractivity contribution is 0.00566. The first-order valence-corrected chi connectivity index (χ1v) is 28.3. The van der Waals surface area contributed by atoms with Crippen molar-refractivity contribution >= 4 is 33.7 Å². The monoisotopic (exact) mass is 796 g/mol. The Kier molecular flexibility index (Phi) is 11.9. The number of ether oxygens (including phenoxy) is 3. The number of hydrogen-bond donors (Lipinski definition) is 0. The van der Waals surface area contributed by atoms with Gasteiger partial charge in [-0.2, -0.15) is 9.61 Å². The van der Waals surface area contributed by atoms with E-state index in [1.54, 1.807) is 0 Å². The predicted octanol–water partition coefficient (Wildman–Crippen LogP) is 10.4. The summed E-state index contributed by atoms with van der Waals surface area (Å²) in [5, 5.41) is 5.12. The normalized spacial score (nSPS) is 20.2. The summed E-state index contributed by atoms with van der Waals surface area (Å²) >= 11 is 0. The van der Waals surface area contributed by atoms with Crippen molar-refractivity contribution in [2.24, 2.45) is 0 Å². The number of fused-ring (bicyclic) bond motifs is 3. The molecule has 2 bridgehead atoms. The molecule has 7 rings (SSSR count). The van der Waals surface area contributed by atoms with Crippen molar-refractivity contribution in [2.45, 2.75) is 140 Å². The molecule has 1 aliphatic carbocycles. The van der Waals surface area contributed by atoms with Gasteiger partial charge in [0.05, 0.1) is 17.6 Å². The molecule has 2 aliphatic heterocycles. The highest BCUT2D eigenvalue weighted by molar-refractivity contribution is 6.76. The van der Waals surface area contributed by atoms with Gasteiger partial charge >= 0.3 is 6.09 Å². The van der Waals surface area contributed by atoms with Crippen molar-refractivity contribution < 1.29 is 19.0 Å². The fourth-order valence-corrected chi connectivity index (χ4v) is 9.72. The molecule has 12 heteroatoms. The lowest BCUT2D eigenvalue weighted by Crippen LogP contribution is -2.48. The van der Waals surface area contributed by atoms with Crippen molar-refractivity contribution in [3.05, 3.63) is 66.1 Å². The molecule has 3 atom stereocenters. The van der Waals surface area contributed by atoms with Gasteiger partial charge in [0, 0.05) is 75.8 Å². The molecule has 0 radical (unpaired) electrons. The van der Waals surface area contributed by atoms with Crippen LogP contribution in [0.1, 0.15) is 82.4 Å². The second-order valence-electron chi connectivity index (χ2n) is 19.8. The second-order valence-corrected chi connectivity index (χ2v) is 31.0. The van der Waals surface area contributed by atoms with Crippen LogP contribution in [0.2, 0.25) is 51.4 Å². The standard InChI is InChI=1S/C44H64N6O4Si2/c1-44(2,3)54-43(51)49-35-18-19-36(49)26-34(25-35)40-39(32-15-16-32)42(48(29-52-21-23-55(4,5)6)30-53-22-24-56(7,8)9)50-41(47-40)37(28-46-50)33-17-20-38(45-27-33)31-13-11-10-12-14-31/h10-14,17,20,27-28,32,34-36H,15-16,18-19,21-26,29-30H2,1-9H3/t34?,35-,36?/m1/s1. The first-order chi connectivity index (χ1) is 26.5. The average Bonchev–Trinajstić information content (AvgIpc) is 3.82. The smallest absolute Gasteiger partial charge is 0.410 e. The van der Waals surface area contributed by atoms with Crippen molar-refractivity contribution in [3.63, 3.8) is 0 Å². The van der Waals surface area contributed by atoms with E-state index in [0.29, 0.717) is 19.4 Å². The molecular formula is C44H64N6O4Si2. The maximum Gasteiger partial charge on any atom is 0.410 e. The van der Waals surface area contributed by atoms with E-state index in [4.69, 9.17) is 29.3 Å². The van der Waals surface area contributed by atoms with Crippen LogP contribution in [0.3, 0.4) is 0 Å². The number of anilines is 1. The van der Waals surface area contributed by atoms with Crippen LogP contribution in [-0.2, 0) is 14.2 Å². The third-order valence-corrected chi connectivity index (χ3v) is 14.7. The molecule has 5 heterocycles. The Bertz CT molecular complexity index is 1930. The zero-order valence-corrected chi connectivity index (χ0v) is 37.3. The maximum absolute atomic E-state index is 13.5. The van der Waals surface area contributed by atoms with Gasteiger partial charge in [0.25, 0.3) is 0 Å². The molecule has 1 saturated carbocycles. The minimum atomic E-state index is -1.29. The van der Waals surface area contributed by atoms with Crippen LogP contribution < -0.4 is 4.90 Å². The van der Waals surface area contributed by atoms with Gasteiger partial charge in [0.2, 0.25) is 0 Å². The number of rotatable bonds is 15. The van der Waals surface area contributed by atoms with Gasteiger partial charge in [-0.3, -0.25) is 4.98 Å². The van der Waals surface area contributed by atoms with Crippen LogP contribution in [0.25, 0.3) is 28.0 Å². The zero-order chi connectivity index (χ0) is 39.8. The molecule has 56 heavy (non-hydrogen) atoms. The number of pyridine rings is 1. The summed E-state index contributed by atoms with van der Waals surface area (Å²) in [6.07, 6.45) is 9.69. The molecule has 1 aromatic carbocycles. The minimum Gasteiger partial charge on any atom is -0.444 e. The molecule has 1 amide bonds. The van der Waals surface area contributed by atoms with E-state index >= 15 is 0 Å². The van der Waals surface area contributed by atoms with Crippen molar-refractivity contribution in [3.8, 4) is 22.4 Å². The van der Waals surface area contributed by atoms with Crippen LogP contribution in [-0.4, -0.2) is 91.1 Å². The highest BCUT2D eigenvalue weighted by atomic mass is 28.3. The molecule has 4 aromatic rings.